The van der Waals surface area contributed by atoms with E-state index in [4.69, 9.17) is 10.2 Å². The van der Waals surface area contributed by atoms with Crippen molar-refractivity contribution in [3.63, 3.8) is 0 Å². The number of aliphatic hydroxyl groups is 1. The molecule has 5 amide bonds. The van der Waals surface area contributed by atoms with Crippen molar-refractivity contribution in [2.75, 3.05) is 32.8 Å². The maximum atomic E-state index is 11.5. The maximum absolute atomic E-state index is 11.5. The van der Waals surface area contributed by atoms with Gasteiger partial charge in [0.05, 0.1) is 32.8 Å². The molecule has 0 aromatic heterocycles. The van der Waals surface area contributed by atoms with Crippen molar-refractivity contribution in [3.8, 4) is 0 Å². The van der Waals surface area contributed by atoms with Crippen LogP contribution in [0.4, 0.5) is 0 Å². The first-order chi connectivity index (χ1) is 12.7. The van der Waals surface area contributed by atoms with Gasteiger partial charge >= 0.3 is 5.97 Å². The summed E-state index contributed by atoms with van der Waals surface area (Å²) in [6.07, 6.45) is 0.220. The highest BCUT2D eigenvalue weighted by molar-refractivity contribution is 5.91. The number of rotatable bonds is 12. The first-order valence-electron chi connectivity index (χ1n) is 7.89. The summed E-state index contributed by atoms with van der Waals surface area (Å²) < 4.78 is 0. The summed E-state index contributed by atoms with van der Waals surface area (Å²) in [6.45, 7) is -0.902. The average molecular weight is 389 g/mol. The molecule has 1 unspecified atom stereocenters. The summed E-state index contributed by atoms with van der Waals surface area (Å²) in [6, 6.07) is -1.49. The van der Waals surface area contributed by atoms with E-state index in [0.29, 0.717) is 0 Å². The Hall–Kier alpha value is -3.22. The first-order valence-corrected chi connectivity index (χ1v) is 7.89. The van der Waals surface area contributed by atoms with Crippen molar-refractivity contribution in [3.05, 3.63) is 0 Å². The van der Waals surface area contributed by atoms with E-state index in [1.165, 1.54) is 0 Å². The molecule has 0 aliphatic rings. The van der Waals surface area contributed by atoms with Crippen LogP contribution in [-0.4, -0.2) is 84.5 Å². The molecule has 13 nitrogen and oxygen atoms in total. The molecule has 0 saturated carbocycles. The van der Waals surface area contributed by atoms with Gasteiger partial charge in [0.25, 0.3) is 0 Å². The summed E-state index contributed by atoms with van der Waals surface area (Å²) in [5, 5.41) is 28.3. The van der Waals surface area contributed by atoms with Crippen LogP contribution in [0, 0.1) is 0 Å². The molecular weight excluding hydrogens is 366 g/mol. The Bertz CT molecular complexity index is 580. The Morgan fingerprint density at radius 1 is 0.704 bits per heavy atom. The molecular formula is C14H23N5O8. The van der Waals surface area contributed by atoms with Crippen molar-refractivity contribution >= 4 is 35.5 Å². The van der Waals surface area contributed by atoms with Crippen LogP contribution < -0.4 is 26.6 Å². The third-order valence-corrected chi connectivity index (χ3v) is 2.92. The van der Waals surface area contributed by atoms with Crippen molar-refractivity contribution < 1.29 is 39.0 Å². The fourth-order valence-electron chi connectivity index (χ4n) is 1.46. The Balaban J connectivity index is 3.95. The van der Waals surface area contributed by atoms with E-state index in [-0.39, 0.29) is 18.9 Å². The molecule has 152 valence electrons. The molecule has 0 saturated heterocycles. The number of hydrogen-bond acceptors (Lipinski definition) is 7. The van der Waals surface area contributed by atoms with Gasteiger partial charge in [-0.1, -0.05) is 6.92 Å². The summed E-state index contributed by atoms with van der Waals surface area (Å²) in [5.41, 5.74) is 0. The van der Waals surface area contributed by atoms with Crippen LogP contribution in [0.3, 0.4) is 0 Å². The minimum absolute atomic E-state index is 0.220. The molecule has 0 rings (SSSR count). The van der Waals surface area contributed by atoms with Gasteiger partial charge < -0.3 is 36.8 Å². The molecule has 27 heavy (non-hydrogen) atoms. The van der Waals surface area contributed by atoms with Gasteiger partial charge in [0.15, 0.2) is 0 Å². The van der Waals surface area contributed by atoms with Crippen LogP contribution in [0.15, 0.2) is 0 Å². The lowest BCUT2D eigenvalue weighted by atomic mass is 10.3. The molecule has 0 spiro atoms. The average Bonchev–Trinajstić information content (AvgIpc) is 2.64. The third kappa shape index (κ3) is 11.9. The largest absolute Gasteiger partial charge is 0.480 e. The summed E-state index contributed by atoms with van der Waals surface area (Å²) in [4.78, 5) is 67.3. The van der Waals surface area contributed by atoms with E-state index < -0.39 is 61.9 Å². The van der Waals surface area contributed by atoms with Gasteiger partial charge in [-0.25, -0.2) is 4.79 Å². The summed E-state index contributed by atoms with van der Waals surface area (Å²) in [7, 11) is 0. The predicted molar refractivity (Wildman–Crippen MR) is 89.0 cm³/mol. The number of hydrogen-bond donors (Lipinski definition) is 7. The zero-order chi connectivity index (χ0) is 20.8. The molecule has 13 heteroatoms. The van der Waals surface area contributed by atoms with Crippen LogP contribution in [0.1, 0.15) is 13.3 Å². The van der Waals surface area contributed by atoms with Gasteiger partial charge in [0.2, 0.25) is 29.5 Å². The van der Waals surface area contributed by atoms with E-state index in [9.17, 15) is 28.8 Å². The minimum Gasteiger partial charge on any atom is -0.480 e. The topological polar surface area (TPSA) is 203 Å². The molecule has 0 fully saturated rings. The molecule has 7 N–H and O–H groups in total. The lowest BCUT2D eigenvalue weighted by Gasteiger charge is -2.12. The Morgan fingerprint density at radius 3 is 1.41 bits per heavy atom. The van der Waals surface area contributed by atoms with Crippen molar-refractivity contribution in [2.24, 2.45) is 0 Å². The van der Waals surface area contributed by atoms with Gasteiger partial charge in [0, 0.05) is 6.42 Å². The highest BCUT2D eigenvalue weighted by Crippen LogP contribution is 1.82. The highest BCUT2D eigenvalue weighted by atomic mass is 16.4. The van der Waals surface area contributed by atoms with Crippen LogP contribution in [-0.2, 0) is 28.8 Å². The number of aliphatic hydroxyl groups excluding tert-OH is 1. The number of carbonyl (C=O) groups excluding carboxylic acids is 5. The van der Waals surface area contributed by atoms with E-state index in [2.05, 4.69) is 21.3 Å². The number of carboxylic acid groups (broad SMARTS) is 1. The van der Waals surface area contributed by atoms with Crippen molar-refractivity contribution in [1.29, 1.82) is 0 Å². The number of aliphatic carboxylic acids is 1. The van der Waals surface area contributed by atoms with E-state index >= 15 is 0 Å². The molecule has 0 heterocycles. The molecule has 0 bridgehead atoms. The lowest BCUT2D eigenvalue weighted by Crippen LogP contribution is -2.49. The van der Waals surface area contributed by atoms with Gasteiger partial charge in [0.1, 0.15) is 6.04 Å². The summed E-state index contributed by atoms with van der Waals surface area (Å²) >= 11 is 0. The fraction of sp³-hybridized carbons (Fsp3) is 0.571. The Morgan fingerprint density at radius 2 is 1.07 bits per heavy atom. The zero-order valence-electron chi connectivity index (χ0n) is 14.7. The quantitative estimate of drug-likeness (QED) is 0.173. The summed E-state index contributed by atoms with van der Waals surface area (Å²) in [5.74, 6) is -4.56. The van der Waals surface area contributed by atoms with Crippen molar-refractivity contribution in [2.45, 2.75) is 19.4 Å². The maximum Gasteiger partial charge on any atom is 0.328 e. The monoisotopic (exact) mass is 389 g/mol. The smallest absolute Gasteiger partial charge is 0.328 e. The van der Waals surface area contributed by atoms with Gasteiger partial charge in [-0.3, -0.25) is 24.0 Å². The number of amides is 5. The first kappa shape index (κ1) is 23.8. The second kappa shape index (κ2) is 13.0. The van der Waals surface area contributed by atoms with E-state index in [1.807, 2.05) is 5.32 Å². The Labute approximate surface area is 154 Å². The van der Waals surface area contributed by atoms with Gasteiger partial charge in [-0.05, 0) is 0 Å². The van der Waals surface area contributed by atoms with Gasteiger partial charge in [-0.2, -0.15) is 0 Å². The predicted octanol–water partition coefficient (Wildman–Crippen LogP) is -4.58. The molecule has 0 aromatic rings. The number of carbonyl (C=O) groups is 6. The second-order valence-corrected chi connectivity index (χ2v) is 5.10. The second-order valence-electron chi connectivity index (χ2n) is 5.10. The molecule has 0 aromatic carbocycles. The zero-order valence-corrected chi connectivity index (χ0v) is 14.7. The van der Waals surface area contributed by atoms with Crippen molar-refractivity contribution in [1.82, 2.24) is 26.6 Å². The molecule has 0 aliphatic heterocycles. The van der Waals surface area contributed by atoms with Crippen LogP contribution in [0.25, 0.3) is 0 Å². The Kier molecular flexibility index (Phi) is 11.5. The number of carboxylic acids is 1. The molecule has 0 radical (unpaired) electrons. The number of nitrogens with one attached hydrogen (secondary N) is 5. The van der Waals surface area contributed by atoms with Crippen LogP contribution >= 0.6 is 0 Å². The van der Waals surface area contributed by atoms with Gasteiger partial charge in [-0.15, -0.1) is 0 Å². The van der Waals surface area contributed by atoms with E-state index in [1.54, 1.807) is 6.92 Å². The normalized spacial score (nSPS) is 10.9. The highest BCUT2D eigenvalue weighted by Gasteiger charge is 2.18. The minimum atomic E-state index is -1.49. The van der Waals surface area contributed by atoms with Crippen LogP contribution in [0.2, 0.25) is 0 Å². The molecule has 0 aliphatic carbocycles. The lowest BCUT2D eigenvalue weighted by molar-refractivity contribution is -0.142. The molecule has 1 atom stereocenters. The third-order valence-electron chi connectivity index (χ3n) is 2.92. The van der Waals surface area contributed by atoms with E-state index in [0.717, 1.165) is 0 Å². The fourth-order valence-corrected chi connectivity index (χ4v) is 1.46. The standard InChI is InChI=1S/C14H23N5O8/c1-2-9(21)15-3-10(22)16-4-11(23)17-5-12(24)18-6-13(25)19-8(7-20)14(26)27/h8,20H,2-7H2,1H3,(H,15,21)(H,16,22)(H,17,23)(H,18,24)(H,19,25)(H,26,27). The SMILES string of the molecule is CCC(=O)NCC(=O)NCC(=O)NCC(=O)NCC(=O)NC(CO)C(=O)O. The van der Waals surface area contributed by atoms with Crippen LogP contribution in [0.5, 0.6) is 0 Å².